The van der Waals surface area contributed by atoms with Crippen LogP contribution in [0, 0.1) is 0 Å². The molecule has 5 nitrogen and oxygen atoms in total. The molecule has 0 bridgehead atoms. The molecule has 1 fully saturated rings. The number of benzene rings is 1. The molecule has 0 saturated carbocycles. The van der Waals surface area contributed by atoms with Crippen LogP contribution in [0.5, 0.6) is 5.75 Å². The summed E-state index contributed by atoms with van der Waals surface area (Å²) in [6.45, 7) is 2.60. The van der Waals surface area contributed by atoms with Crippen LogP contribution >= 0.6 is 23.2 Å². The number of halogens is 2. The smallest absolute Gasteiger partial charge is 0.263 e. The van der Waals surface area contributed by atoms with Gasteiger partial charge in [0.1, 0.15) is 10.8 Å². The number of nitrogens with zero attached hydrogens (tertiary/aromatic N) is 1. The van der Waals surface area contributed by atoms with Gasteiger partial charge >= 0.3 is 0 Å². The normalized spacial score (nSPS) is 16.6. The maximum Gasteiger partial charge on any atom is 0.263 e. The van der Waals surface area contributed by atoms with Crippen LogP contribution in [-0.4, -0.2) is 42.5 Å². The molecule has 1 saturated heterocycles. The Labute approximate surface area is 126 Å². The molecule has 2 amide bonds. The summed E-state index contributed by atoms with van der Waals surface area (Å²) in [6, 6.07) is 4.97. The summed E-state index contributed by atoms with van der Waals surface area (Å²) in [5.41, 5.74) is 0. The Kier molecular flexibility index (Phi) is 4.73. The number of hydrogen-bond donors (Lipinski definition) is 1. The fraction of sp³-hybridized carbons (Fsp3) is 0.385. The Hall–Kier alpha value is -1.46. The van der Waals surface area contributed by atoms with Gasteiger partial charge in [-0.25, -0.2) is 0 Å². The number of ether oxygens (including phenoxy) is 1. The van der Waals surface area contributed by atoms with Crippen molar-refractivity contribution in [3.8, 4) is 5.75 Å². The third kappa shape index (κ3) is 3.35. The van der Waals surface area contributed by atoms with Crippen molar-refractivity contribution in [3.63, 3.8) is 0 Å². The van der Waals surface area contributed by atoms with Gasteiger partial charge in [-0.2, -0.15) is 0 Å². The zero-order chi connectivity index (χ0) is 14.7. The molecule has 0 spiro atoms. The summed E-state index contributed by atoms with van der Waals surface area (Å²) in [5.74, 6) is -0.0741. The van der Waals surface area contributed by atoms with Gasteiger partial charge < -0.3 is 15.0 Å². The summed E-state index contributed by atoms with van der Waals surface area (Å²) in [7, 11) is 0. The van der Waals surface area contributed by atoms with Gasteiger partial charge in [-0.15, -0.1) is 0 Å². The van der Waals surface area contributed by atoms with E-state index in [0.717, 1.165) is 0 Å². The SMILES string of the molecule is CC(Oc1cccc(Cl)c1Cl)C(=O)N1CCNC(=O)C1. The van der Waals surface area contributed by atoms with Crippen molar-refractivity contribution in [2.45, 2.75) is 13.0 Å². The first-order valence-electron chi connectivity index (χ1n) is 6.15. The molecular weight excluding hydrogens is 303 g/mol. The molecule has 1 unspecified atom stereocenters. The highest BCUT2D eigenvalue weighted by Gasteiger charge is 2.26. The molecule has 7 heteroatoms. The van der Waals surface area contributed by atoms with Gasteiger partial charge in [0, 0.05) is 13.1 Å². The number of rotatable bonds is 3. The van der Waals surface area contributed by atoms with Crippen molar-refractivity contribution >= 4 is 35.0 Å². The Morgan fingerprint density at radius 2 is 2.20 bits per heavy atom. The van der Waals surface area contributed by atoms with E-state index in [1.165, 1.54) is 4.90 Å². The molecule has 1 aromatic carbocycles. The molecule has 1 aliphatic rings. The summed E-state index contributed by atoms with van der Waals surface area (Å²) in [5, 5.41) is 3.29. The van der Waals surface area contributed by atoms with Gasteiger partial charge in [-0.05, 0) is 19.1 Å². The average molecular weight is 317 g/mol. The van der Waals surface area contributed by atoms with Gasteiger partial charge in [-0.1, -0.05) is 29.3 Å². The number of amides is 2. The van der Waals surface area contributed by atoms with Crippen LogP contribution in [0.3, 0.4) is 0 Å². The molecule has 1 N–H and O–H groups in total. The molecule has 1 heterocycles. The lowest BCUT2D eigenvalue weighted by atomic mass is 10.2. The third-order valence-corrected chi connectivity index (χ3v) is 3.72. The van der Waals surface area contributed by atoms with E-state index >= 15 is 0 Å². The van der Waals surface area contributed by atoms with Crippen molar-refractivity contribution in [1.29, 1.82) is 0 Å². The van der Waals surface area contributed by atoms with E-state index in [0.29, 0.717) is 23.9 Å². The number of piperazine rings is 1. The number of carbonyl (C=O) groups is 2. The second kappa shape index (κ2) is 6.33. The second-order valence-corrected chi connectivity index (χ2v) is 5.21. The topological polar surface area (TPSA) is 58.6 Å². The minimum absolute atomic E-state index is 0.0514. The van der Waals surface area contributed by atoms with Gasteiger partial charge in [0.05, 0.1) is 11.6 Å². The van der Waals surface area contributed by atoms with Gasteiger partial charge in [-0.3, -0.25) is 9.59 Å². The fourth-order valence-electron chi connectivity index (χ4n) is 1.90. The Balaban J connectivity index is 2.04. The minimum atomic E-state index is -0.739. The van der Waals surface area contributed by atoms with Crippen LogP contribution in [-0.2, 0) is 9.59 Å². The van der Waals surface area contributed by atoms with Gasteiger partial charge in [0.25, 0.3) is 5.91 Å². The zero-order valence-corrected chi connectivity index (χ0v) is 12.4. The largest absolute Gasteiger partial charge is 0.479 e. The third-order valence-electron chi connectivity index (χ3n) is 2.92. The van der Waals surface area contributed by atoms with Gasteiger partial charge in [0.15, 0.2) is 6.10 Å². The summed E-state index contributed by atoms with van der Waals surface area (Å²) >= 11 is 11.9. The lowest BCUT2D eigenvalue weighted by molar-refractivity contribution is -0.143. The first-order valence-corrected chi connectivity index (χ1v) is 6.91. The molecule has 108 valence electrons. The van der Waals surface area contributed by atoms with E-state index in [1.54, 1.807) is 25.1 Å². The van der Waals surface area contributed by atoms with Crippen LogP contribution in [0.25, 0.3) is 0 Å². The van der Waals surface area contributed by atoms with Crippen LogP contribution in [0.1, 0.15) is 6.92 Å². The second-order valence-electron chi connectivity index (χ2n) is 4.42. The minimum Gasteiger partial charge on any atom is -0.479 e. The van der Waals surface area contributed by atoms with Crippen LogP contribution < -0.4 is 10.1 Å². The van der Waals surface area contributed by atoms with E-state index in [1.807, 2.05) is 0 Å². The van der Waals surface area contributed by atoms with E-state index in [4.69, 9.17) is 27.9 Å². The number of nitrogens with one attached hydrogen (secondary N) is 1. The quantitative estimate of drug-likeness (QED) is 0.923. The summed E-state index contributed by atoms with van der Waals surface area (Å²) in [6.07, 6.45) is -0.739. The Morgan fingerprint density at radius 1 is 1.45 bits per heavy atom. The molecule has 0 aliphatic carbocycles. The van der Waals surface area contributed by atoms with Crippen molar-refractivity contribution in [2.24, 2.45) is 0 Å². The molecule has 2 rings (SSSR count). The Bertz CT molecular complexity index is 536. The highest BCUT2D eigenvalue weighted by molar-refractivity contribution is 6.42. The van der Waals surface area contributed by atoms with Crippen molar-refractivity contribution in [1.82, 2.24) is 10.2 Å². The van der Waals surface area contributed by atoms with Crippen LogP contribution in [0.4, 0.5) is 0 Å². The predicted molar refractivity (Wildman–Crippen MR) is 76.1 cm³/mol. The highest BCUT2D eigenvalue weighted by atomic mass is 35.5. The fourth-order valence-corrected chi connectivity index (χ4v) is 2.24. The van der Waals surface area contributed by atoms with Crippen molar-refractivity contribution in [2.75, 3.05) is 19.6 Å². The van der Waals surface area contributed by atoms with Crippen molar-refractivity contribution in [3.05, 3.63) is 28.2 Å². The summed E-state index contributed by atoms with van der Waals surface area (Å²) in [4.78, 5) is 24.9. The lowest BCUT2D eigenvalue weighted by Crippen LogP contribution is -2.53. The molecule has 0 aromatic heterocycles. The maximum absolute atomic E-state index is 12.2. The molecule has 1 aliphatic heterocycles. The molecule has 1 aromatic rings. The van der Waals surface area contributed by atoms with E-state index in [-0.39, 0.29) is 23.4 Å². The van der Waals surface area contributed by atoms with E-state index in [9.17, 15) is 9.59 Å². The van der Waals surface area contributed by atoms with E-state index in [2.05, 4.69) is 5.32 Å². The first-order chi connectivity index (χ1) is 9.49. The van der Waals surface area contributed by atoms with Gasteiger partial charge in [0.2, 0.25) is 5.91 Å². The Morgan fingerprint density at radius 3 is 2.90 bits per heavy atom. The first kappa shape index (κ1) is 14.9. The molecule has 1 atom stereocenters. The zero-order valence-electron chi connectivity index (χ0n) is 10.9. The average Bonchev–Trinajstić information content (AvgIpc) is 2.43. The standard InChI is InChI=1S/C13H14Cl2N2O3/c1-8(13(19)17-6-5-16-11(18)7-17)20-10-4-2-3-9(14)12(10)15/h2-4,8H,5-7H2,1H3,(H,16,18). The highest BCUT2D eigenvalue weighted by Crippen LogP contribution is 2.32. The monoisotopic (exact) mass is 316 g/mol. The van der Waals surface area contributed by atoms with Crippen molar-refractivity contribution < 1.29 is 14.3 Å². The maximum atomic E-state index is 12.2. The predicted octanol–water partition coefficient (Wildman–Crippen LogP) is 1.72. The molecule has 0 radical (unpaired) electrons. The van der Waals surface area contributed by atoms with E-state index < -0.39 is 6.10 Å². The lowest BCUT2D eigenvalue weighted by Gasteiger charge is -2.29. The number of carbonyl (C=O) groups excluding carboxylic acids is 2. The van der Waals surface area contributed by atoms with Crippen LogP contribution in [0.15, 0.2) is 18.2 Å². The molecular formula is C13H14Cl2N2O3. The number of hydrogen-bond acceptors (Lipinski definition) is 3. The summed E-state index contributed by atoms with van der Waals surface area (Å²) < 4.78 is 5.54. The van der Waals surface area contributed by atoms with Crippen LogP contribution in [0.2, 0.25) is 10.0 Å². The molecule has 20 heavy (non-hydrogen) atoms.